The van der Waals surface area contributed by atoms with Crippen molar-refractivity contribution in [3.05, 3.63) is 27.7 Å². The van der Waals surface area contributed by atoms with E-state index in [9.17, 15) is 13.5 Å². The molecule has 0 spiro atoms. The van der Waals surface area contributed by atoms with Gasteiger partial charge in [-0.25, -0.2) is 8.42 Å². The van der Waals surface area contributed by atoms with Crippen molar-refractivity contribution >= 4 is 26.0 Å². The van der Waals surface area contributed by atoms with E-state index >= 15 is 0 Å². The van der Waals surface area contributed by atoms with Gasteiger partial charge in [-0.2, -0.15) is 4.31 Å². The second-order valence-electron chi connectivity index (χ2n) is 5.11. The molecule has 0 saturated carbocycles. The smallest absolute Gasteiger partial charge is 0.243 e. The average molecular weight is 380 g/mol. The van der Waals surface area contributed by atoms with Crippen LogP contribution in [-0.4, -0.2) is 44.1 Å². The molecule has 0 amide bonds. The number of aliphatic hydroxyl groups excluding tert-OH is 1. The first kappa shape index (κ1) is 18.6. The lowest BCUT2D eigenvalue weighted by molar-refractivity contribution is 0.0737. The molecule has 0 fully saturated rings. The molecular formula is C14H22BrNO4S. The molecule has 0 saturated heterocycles. The summed E-state index contributed by atoms with van der Waals surface area (Å²) >= 11 is 3.33. The van der Waals surface area contributed by atoms with Gasteiger partial charge < -0.3 is 9.84 Å². The van der Waals surface area contributed by atoms with Crippen LogP contribution in [0.4, 0.5) is 0 Å². The zero-order valence-electron chi connectivity index (χ0n) is 12.8. The van der Waals surface area contributed by atoms with Gasteiger partial charge in [0.1, 0.15) is 0 Å². The number of ether oxygens (including phenoxy) is 1. The Labute approximate surface area is 135 Å². The van der Waals surface area contributed by atoms with Crippen molar-refractivity contribution in [2.45, 2.75) is 38.4 Å². The van der Waals surface area contributed by atoms with Gasteiger partial charge in [-0.05, 0) is 44.0 Å². The number of nitrogens with zero attached hydrogens (tertiary/aromatic N) is 1. The highest BCUT2D eigenvalue weighted by molar-refractivity contribution is 9.10. The lowest BCUT2D eigenvalue weighted by Gasteiger charge is -2.20. The highest BCUT2D eigenvalue weighted by Crippen LogP contribution is 2.27. The van der Waals surface area contributed by atoms with Gasteiger partial charge in [-0.1, -0.05) is 15.9 Å². The Bertz CT molecular complexity index is 587. The summed E-state index contributed by atoms with van der Waals surface area (Å²) in [7, 11) is -2.08. The monoisotopic (exact) mass is 379 g/mol. The number of sulfonamides is 1. The van der Waals surface area contributed by atoms with Crippen LogP contribution < -0.4 is 0 Å². The highest BCUT2D eigenvalue weighted by Gasteiger charge is 2.24. The van der Waals surface area contributed by atoms with E-state index in [0.717, 1.165) is 0 Å². The molecule has 120 valence electrons. The molecule has 1 aromatic carbocycles. The van der Waals surface area contributed by atoms with Crippen LogP contribution in [0.1, 0.15) is 25.0 Å². The van der Waals surface area contributed by atoms with Crippen LogP contribution in [0.3, 0.4) is 0 Å². The third-order valence-corrected chi connectivity index (χ3v) is 5.89. The Morgan fingerprint density at radius 3 is 2.52 bits per heavy atom. The predicted molar refractivity (Wildman–Crippen MR) is 85.7 cm³/mol. The maximum absolute atomic E-state index is 12.6. The summed E-state index contributed by atoms with van der Waals surface area (Å²) in [5.74, 6) is 0. The van der Waals surface area contributed by atoms with E-state index in [0.29, 0.717) is 22.2 Å². The zero-order valence-corrected chi connectivity index (χ0v) is 15.2. The number of halogens is 1. The van der Waals surface area contributed by atoms with Gasteiger partial charge in [0.25, 0.3) is 0 Å². The quantitative estimate of drug-likeness (QED) is 0.788. The fourth-order valence-corrected chi connectivity index (χ4v) is 3.86. The molecule has 21 heavy (non-hydrogen) atoms. The summed E-state index contributed by atoms with van der Waals surface area (Å²) in [5, 5.41) is 9.23. The second-order valence-corrected chi connectivity index (χ2v) is 7.97. The third kappa shape index (κ3) is 4.75. The maximum Gasteiger partial charge on any atom is 0.243 e. The van der Waals surface area contributed by atoms with Crippen molar-refractivity contribution in [3.63, 3.8) is 0 Å². The molecule has 0 atom stereocenters. The van der Waals surface area contributed by atoms with E-state index in [1.54, 1.807) is 13.0 Å². The molecule has 1 N–H and O–H groups in total. The lowest BCUT2D eigenvalue weighted by Crippen LogP contribution is -2.31. The molecule has 5 nitrogen and oxygen atoms in total. The normalized spacial score (nSPS) is 12.4. The first-order chi connectivity index (χ1) is 9.70. The fourth-order valence-electron chi connectivity index (χ4n) is 1.77. The molecule has 0 heterocycles. The minimum absolute atomic E-state index is 0.0645. The molecule has 7 heteroatoms. The Hall–Kier alpha value is -0.470. The number of likely N-dealkylation sites (N-methyl/N-ethyl adjacent to an activating group) is 1. The average Bonchev–Trinajstić information content (AvgIpc) is 2.40. The Balaban J connectivity index is 3.04. The van der Waals surface area contributed by atoms with Gasteiger partial charge in [0.15, 0.2) is 0 Å². The largest absolute Gasteiger partial charge is 0.392 e. The van der Waals surface area contributed by atoms with Crippen molar-refractivity contribution < 1.29 is 18.3 Å². The Morgan fingerprint density at radius 2 is 2.00 bits per heavy atom. The minimum atomic E-state index is -3.61. The van der Waals surface area contributed by atoms with E-state index in [4.69, 9.17) is 4.74 Å². The molecule has 0 aliphatic heterocycles. The standard InChI is InChI=1S/C14H22BrNO4S/c1-10(2)20-6-5-16(4)21(18,19)14-8-12(9-17)7-13(15)11(14)3/h7-8,10,17H,5-6,9H2,1-4H3. The van der Waals surface area contributed by atoms with Crippen LogP contribution in [-0.2, 0) is 21.4 Å². The molecule has 1 rings (SSSR count). The van der Waals surface area contributed by atoms with Crippen molar-refractivity contribution in [2.24, 2.45) is 0 Å². The summed E-state index contributed by atoms with van der Waals surface area (Å²) in [6, 6.07) is 3.23. The van der Waals surface area contributed by atoms with Gasteiger partial charge in [0.05, 0.1) is 24.2 Å². The number of hydrogen-bond acceptors (Lipinski definition) is 4. The summed E-state index contributed by atoms with van der Waals surface area (Å²) in [5.41, 5.74) is 1.18. The van der Waals surface area contributed by atoms with E-state index in [1.807, 2.05) is 13.8 Å². The van der Waals surface area contributed by atoms with Crippen LogP contribution in [0, 0.1) is 6.92 Å². The first-order valence-electron chi connectivity index (χ1n) is 6.68. The number of benzene rings is 1. The van der Waals surface area contributed by atoms with E-state index in [2.05, 4.69) is 15.9 Å². The molecular weight excluding hydrogens is 358 g/mol. The molecule has 0 unspecified atom stereocenters. The van der Waals surface area contributed by atoms with Crippen molar-refractivity contribution in [1.82, 2.24) is 4.31 Å². The van der Waals surface area contributed by atoms with Crippen molar-refractivity contribution in [1.29, 1.82) is 0 Å². The van der Waals surface area contributed by atoms with Gasteiger partial charge in [-0.3, -0.25) is 0 Å². The molecule has 0 bridgehead atoms. The Morgan fingerprint density at radius 1 is 1.38 bits per heavy atom. The summed E-state index contributed by atoms with van der Waals surface area (Å²) in [4.78, 5) is 0.202. The molecule has 1 aromatic rings. The van der Waals surface area contributed by atoms with Crippen LogP contribution in [0.25, 0.3) is 0 Å². The van der Waals surface area contributed by atoms with Crippen LogP contribution in [0.15, 0.2) is 21.5 Å². The van der Waals surface area contributed by atoms with E-state index < -0.39 is 10.0 Å². The molecule has 0 aliphatic rings. The topological polar surface area (TPSA) is 66.8 Å². The maximum atomic E-state index is 12.6. The van der Waals surface area contributed by atoms with Gasteiger partial charge in [-0.15, -0.1) is 0 Å². The molecule has 0 aliphatic carbocycles. The predicted octanol–water partition coefficient (Wildman–Crippen LogP) is 2.30. The van der Waals surface area contributed by atoms with Gasteiger partial charge in [0, 0.05) is 18.1 Å². The number of aliphatic hydroxyl groups is 1. The van der Waals surface area contributed by atoms with Crippen LogP contribution >= 0.6 is 15.9 Å². The molecule has 0 aromatic heterocycles. The summed E-state index contributed by atoms with van der Waals surface area (Å²) in [6.45, 7) is 5.95. The van der Waals surface area contributed by atoms with E-state index in [1.165, 1.54) is 17.4 Å². The first-order valence-corrected chi connectivity index (χ1v) is 8.91. The summed E-state index contributed by atoms with van der Waals surface area (Å²) in [6.07, 6.45) is 0.0645. The van der Waals surface area contributed by atoms with Crippen molar-refractivity contribution in [3.8, 4) is 0 Å². The van der Waals surface area contributed by atoms with Gasteiger partial charge >= 0.3 is 0 Å². The fraction of sp³-hybridized carbons (Fsp3) is 0.571. The molecule has 0 radical (unpaired) electrons. The van der Waals surface area contributed by atoms with E-state index in [-0.39, 0.29) is 24.2 Å². The van der Waals surface area contributed by atoms with Crippen molar-refractivity contribution in [2.75, 3.05) is 20.2 Å². The number of rotatable bonds is 7. The zero-order chi connectivity index (χ0) is 16.2. The Kier molecular flexibility index (Phi) is 6.80. The van der Waals surface area contributed by atoms with Crippen LogP contribution in [0.5, 0.6) is 0 Å². The van der Waals surface area contributed by atoms with Crippen LogP contribution in [0.2, 0.25) is 0 Å². The lowest BCUT2D eigenvalue weighted by atomic mass is 10.2. The minimum Gasteiger partial charge on any atom is -0.392 e. The highest BCUT2D eigenvalue weighted by atomic mass is 79.9. The third-order valence-electron chi connectivity index (χ3n) is 3.08. The number of hydrogen-bond donors (Lipinski definition) is 1. The van der Waals surface area contributed by atoms with Gasteiger partial charge in [0.2, 0.25) is 10.0 Å². The second kappa shape index (κ2) is 7.69. The summed E-state index contributed by atoms with van der Waals surface area (Å²) < 4.78 is 32.6. The SMILES string of the molecule is Cc1c(Br)cc(CO)cc1S(=O)(=O)N(C)CCOC(C)C.